The van der Waals surface area contributed by atoms with E-state index in [1.54, 1.807) is 0 Å². The first kappa shape index (κ1) is 15.5. The van der Waals surface area contributed by atoms with Crippen molar-refractivity contribution in [1.29, 1.82) is 0 Å². The number of nitrogens with one attached hydrogen (secondary N) is 1. The van der Waals surface area contributed by atoms with Crippen molar-refractivity contribution in [3.63, 3.8) is 0 Å². The molecule has 0 saturated heterocycles. The van der Waals surface area contributed by atoms with Gasteiger partial charge in [-0.05, 0) is 38.1 Å². The fourth-order valence-corrected chi connectivity index (χ4v) is 2.28. The first-order chi connectivity index (χ1) is 9.88. The highest BCUT2D eigenvalue weighted by molar-refractivity contribution is 5.38. The van der Waals surface area contributed by atoms with Crippen molar-refractivity contribution in [2.24, 2.45) is 0 Å². The first-order valence-corrected chi connectivity index (χ1v) is 6.44. The summed E-state index contributed by atoms with van der Waals surface area (Å²) in [6, 6.07) is 4.01. The lowest BCUT2D eigenvalue weighted by Crippen LogP contribution is -2.22. The highest BCUT2D eigenvalue weighted by atomic mass is 19.2. The number of hydrogen-bond donors (Lipinski definition) is 1. The quantitative estimate of drug-likeness (QED) is 0.839. The summed E-state index contributed by atoms with van der Waals surface area (Å²) in [4.78, 5) is 0. The molecule has 0 aromatic heterocycles. The van der Waals surface area contributed by atoms with Crippen molar-refractivity contribution in [2.75, 3.05) is 7.05 Å². The molecule has 0 aliphatic rings. The molecule has 5 heteroatoms. The summed E-state index contributed by atoms with van der Waals surface area (Å²) in [7, 11) is 1.43. The van der Waals surface area contributed by atoms with Gasteiger partial charge in [-0.1, -0.05) is 18.2 Å². The van der Waals surface area contributed by atoms with E-state index in [1.165, 1.54) is 39.1 Å². The maximum absolute atomic E-state index is 14.2. The molecule has 112 valence electrons. The van der Waals surface area contributed by atoms with E-state index in [2.05, 4.69) is 5.32 Å². The van der Waals surface area contributed by atoms with Crippen LogP contribution >= 0.6 is 0 Å². The van der Waals surface area contributed by atoms with Gasteiger partial charge < -0.3 is 5.32 Å². The van der Waals surface area contributed by atoms with Crippen LogP contribution in [0.3, 0.4) is 0 Å². The molecule has 0 saturated carbocycles. The topological polar surface area (TPSA) is 12.0 Å². The molecule has 2 aromatic carbocycles. The summed E-state index contributed by atoms with van der Waals surface area (Å²) in [5.41, 5.74) is -0.0837. The Bertz CT molecular complexity index is 682. The zero-order valence-electron chi connectivity index (χ0n) is 11.9. The van der Waals surface area contributed by atoms with Gasteiger partial charge in [-0.2, -0.15) is 0 Å². The van der Waals surface area contributed by atoms with Crippen molar-refractivity contribution < 1.29 is 17.6 Å². The van der Waals surface area contributed by atoms with Crippen LogP contribution in [-0.2, 0) is 0 Å². The van der Waals surface area contributed by atoms with E-state index in [4.69, 9.17) is 0 Å². The smallest absolute Gasteiger partial charge is 0.164 e. The molecule has 0 aliphatic heterocycles. The van der Waals surface area contributed by atoms with Crippen LogP contribution < -0.4 is 5.32 Å². The normalized spacial score (nSPS) is 12.5. The van der Waals surface area contributed by atoms with E-state index >= 15 is 0 Å². The van der Waals surface area contributed by atoms with Gasteiger partial charge in [0, 0.05) is 11.1 Å². The third-order valence-corrected chi connectivity index (χ3v) is 3.51. The van der Waals surface area contributed by atoms with E-state index in [1.807, 2.05) is 0 Å². The largest absolute Gasteiger partial charge is 0.309 e. The second-order valence-electron chi connectivity index (χ2n) is 4.91. The van der Waals surface area contributed by atoms with Crippen LogP contribution in [0.4, 0.5) is 17.6 Å². The molecule has 0 spiro atoms. The number of rotatable bonds is 3. The average molecular weight is 297 g/mol. The molecule has 1 atom stereocenters. The van der Waals surface area contributed by atoms with Crippen LogP contribution in [0.2, 0.25) is 0 Å². The standard InChI is InChI=1S/C16H15F4N/c1-8-5-7-11(17)12(13(8)18)16(21-3)10-6-4-9(2)14(19)15(10)20/h4-7,16,21H,1-3H3. The van der Waals surface area contributed by atoms with Crippen LogP contribution in [-0.4, -0.2) is 7.05 Å². The Balaban J connectivity index is 2.66. The Morgan fingerprint density at radius 2 is 1.38 bits per heavy atom. The summed E-state index contributed by atoms with van der Waals surface area (Å²) in [6.45, 7) is 2.90. The number of halogens is 4. The van der Waals surface area contributed by atoms with Crippen molar-refractivity contribution in [3.05, 3.63) is 69.8 Å². The average Bonchev–Trinajstić information content (AvgIpc) is 2.46. The van der Waals surface area contributed by atoms with Gasteiger partial charge in [0.05, 0.1) is 6.04 Å². The minimum Gasteiger partial charge on any atom is -0.309 e. The molecular formula is C16H15F4N. The molecule has 0 heterocycles. The maximum atomic E-state index is 14.2. The third kappa shape index (κ3) is 2.65. The second kappa shape index (κ2) is 5.85. The fourth-order valence-electron chi connectivity index (χ4n) is 2.28. The lowest BCUT2D eigenvalue weighted by Gasteiger charge is -2.20. The van der Waals surface area contributed by atoms with E-state index in [9.17, 15) is 17.6 Å². The van der Waals surface area contributed by atoms with Gasteiger partial charge in [0.25, 0.3) is 0 Å². The Labute approximate surface area is 120 Å². The summed E-state index contributed by atoms with van der Waals surface area (Å²) in [5, 5.41) is 2.64. The number of hydrogen-bond acceptors (Lipinski definition) is 1. The Kier molecular flexibility index (Phi) is 4.32. The predicted molar refractivity (Wildman–Crippen MR) is 73.1 cm³/mol. The van der Waals surface area contributed by atoms with Crippen molar-refractivity contribution in [3.8, 4) is 0 Å². The van der Waals surface area contributed by atoms with E-state index in [0.717, 1.165) is 6.07 Å². The monoisotopic (exact) mass is 297 g/mol. The highest BCUT2D eigenvalue weighted by Crippen LogP contribution is 2.31. The Morgan fingerprint density at radius 3 is 2.00 bits per heavy atom. The number of benzene rings is 2. The molecule has 2 aromatic rings. The van der Waals surface area contributed by atoms with Crippen LogP contribution in [0.15, 0.2) is 24.3 Å². The van der Waals surface area contributed by atoms with E-state index in [-0.39, 0.29) is 22.3 Å². The fraction of sp³-hybridized carbons (Fsp3) is 0.250. The van der Waals surface area contributed by atoms with Gasteiger partial charge in [0.2, 0.25) is 0 Å². The third-order valence-electron chi connectivity index (χ3n) is 3.51. The molecule has 1 unspecified atom stereocenters. The molecule has 1 N–H and O–H groups in total. The lowest BCUT2D eigenvalue weighted by atomic mass is 9.94. The summed E-state index contributed by atoms with van der Waals surface area (Å²) < 4.78 is 56.0. The SMILES string of the molecule is CNC(c1ccc(C)c(F)c1F)c1c(F)ccc(C)c1F. The molecule has 0 bridgehead atoms. The van der Waals surface area contributed by atoms with Gasteiger partial charge in [0.15, 0.2) is 11.6 Å². The molecular weight excluding hydrogens is 282 g/mol. The van der Waals surface area contributed by atoms with Crippen LogP contribution in [0.5, 0.6) is 0 Å². The van der Waals surface area contributed by atoms with Crippen molar-refractivity contribution in [2.45, 2.75) is 19.9 Å². The molecule has 0 amide bonds. The minimum absolute atomic E-state index is 0.135. The van der Waals surface area contributed by atoms with E-state index < -0.39 is 29.3 Å². The first-order valence-electron chi connectivity index (χ1n) is 6.44. The van der Waals surface area contributed by atoms with Gasteiger partial charge in [-0.15, -0.1) is 0 Å². The highest BCUT2D eigenvalue weighted by Gasteiger charge is 2.26. The van der Waals surface area contributed by atoms with Crippen molar-refractivity contribution >= 4 is 0 Å². The zero-order valence-corrected chi connectivity index (χ0v) is 11.9. The minimum atomic E-state index is -1.11. The summed E-state index contributed by atoms with van der Waals surface area (Å²) >= 11 is 0. The zero-order chi connectivity index (χ0) is 15.7. The van der Waals surface area contributed by atoms with Crippen LogP contribution in [0, 0.1) is 37.1 Å². The Hall–Kier alpha value is -1.88. The van der Waals surface area contributed by atoms with Gasteiger partial charge >= 0.3 is 0 Å². The van der Waals surface area contributed by atoms with E-state index in [0.29, 0.717) is 0 Å². The molecule has 21 heavy (non-hydrogen) atoms. The molecule has 1 nitrogen and oxygen atoms in total. The maximum Gasteiger partial charge on any atom is 0.164 e. The predicted octanol–water partition coefficient (Wildman–Crippen LogP) is 4.17. The van der Waals surface area contributed by atoms with Crippen molar-refractivity contribution in [1.82, 2.24) is 5.32 Å². The second-order valence-corrected chi connectivity index (χ2v) is 4.91. The number of aryl methyl sites for hydroxylation is 2. The molecule has 2 rings (SSSR count). The summed E-state index contributed by atoms with van der Waals surface area (Å²) in [6.07, 6.45) is 0. The molecule has 0 fully saturated rings. The van der Waals surface area contributed by atoms with Gasteiger partial charge in [-0.25, -0.2) is 17.6 Å². The van der Waals surface area contributed by atoms with Crippen LogP contribution in [0.25, 0.3) is 0 Å². The van der Waals surface area contributed by atoms with Crippen LogP contribution in [0.1, 0.15) is 28.3 Å². The summed E-state index contributed by atoms with van der Waals surface area (Å²) in [5.74, 6) is -3.69. The Morgan fingerprint density at radius 1 is 0.810 bits per heavy atom. The van der Waals surface area contributed by atoms with Gasteiger partial charge in [-0.3, -0.25) is 0 Å². The molecule has 0 radical (unpaired) electrons. The molecule has 0 aliphatic carbocycles. The van der Waals surface area contributed by atoms with Gasteiger partial charge in [0.1, 0.15) is 11.6 Å². The lowest BCUT2D eigenvalue weighted by molar-refractivity contribution is 0.468.